The molecule has 114 valence electrons. The molecule has 3 aromatic heterocycles. The Bertz CT molecular complexity index is 812. The van der Waals surface area contributed by atoms with Crippen molar-refractivity contribution in [2.75, 3.05) is 0 Å². The van der Waals surface area contributed by atoms with Crippen molar-refractivity contribution in [3.05, 3.63) is 41.6 Å². The number of aromatic nitrogens is 6. The lowest BCUT2D eigenvalue weighted by Gasteiger charge is -2.08. The molecule has 3 heterocycles. The van der Waals surface area contributed by atoms with Crippen LogP contribution < -0.4 is 0 Å². The van der Waals surface area contributed by atoms with Gasteiger partial charge in [-0.05, 0) is 52.3 Å². The van der Waals surface area contributed by atoms with Gasteiger partial charge in [-0.15, -0.1) is 0 Å². The first-order valence-electron chi connectivity index (χ1n) is 7.38. The van der Waals surface area contributed by atoms with Crippen molar-refractivity contribution in [2.24, 2.45) is 0 Å². The number of nitrogens with zero attached hydrogens (tertiary/aromatic N) is 6. The first-order chi connectivity index (χ1) is 10.5. The molecule has 0 aliphatic carbocycles. The van der Waals surface area contributed by atoms with Crippen LogP contribution in [0.3, 0.4) is 0 Å². The lowest BCUT2D eigenvalue weighted by Crippen LogP contribution is -2.06. The van der Waals surface area contributed by atoms with Gasteiger partial charge in [-0.3, -0.25) is 9.67 Å². The van der Waals surface area contributed by atoms with E-state index >= 15 is 0 Å². The molecule has 0 saturated heterocycles. The quantitative estimate of drug-likeness (QED) is 0.745. The third kappa shape index (κ3) is 2.41. The van der Waals surface area contributed by atoms with E-state index < -0.39 is 0 Å². The summed E-state index contributed by atoms with van der Waals surface area (Å²) in [5.41, 5.74) is 3.97. The van der Waals surface area contributed by atoms with Crippen molar-refractivity contribution in [3.63, 3.8) is 0 Å². The highest BCUT2D eigenvalue weighted by Gasteiger charge is 2.17. The molecule has 3 rings (SSSR count). The second-order valence-electron chi connectivity index (χ2n) is 5.77. The highest BCUT2D eigenvalue weighted by Crippen LogP contribution is 2.23. The maximum Gasteiger partial charge on any atom is 0.183 e. The maximum absolute atomic E-state index is 4.69. The van der Waals surface area contributed by atoms with Crippen LogP contribution in [0.15, 0.2) is 24.5 Å². The van der Waals surface area contributed by atoms with Crippen LogP contribution in [0.1, 0.15) is 37.0 Å². The van der Waals surface area contributed by atoms with Crippen LogP contribution in [0.25, 0.3) is 17.2 Å². The second-order valence-corrected chi connectivity index (χ2v) is 5.77. The molecule has 0 spiro atoms. The molecular formula is C16H20N6. The van der Waals surface area contributed by atoms with E-state index in [0.717, 1.165) is 34.3 Å². The fourth-order valence-electron chi connectivity index (χ4n) is 2.57. The summed E-state index contributed by atoms with van der Waals surface area (Å²) < 4.78 is 3.85. The second kappa shape index (κ2) is 5.36. The number of hydrogen-bond acceptors (Lipinski definition) is 4. The van der Waals surface area contributed by atoms with Crippen molar-refractivity contribution >= 4 is 0 Å². The minimum Gasteiger partial charge on any atom is -0.267 e. The first kappa shape index (κ1) is 14.4. The summed E-state index contributed by atoms with van der Waals surface area (Å²) in [4.78, 5) is 8.71. The number of rotatable bonds is 3. The SMILES string of the molecule is Cc1nc(-c2cc(C)n(C(C)C)n2)n(-c2ccncc2C)n1. The average molecular weight is 296 g/mol. The van der Waals surface area contributed by atoms with Gasteiger partial charge in [0.25, 0.3) is 0 Å². The van der Waals surface area contributed by atoms with E-state index in [1.54, 1.807) is 6.20 Å². The van der Waals surface area contributed by atoms with E-state index in [-0.39, 0.29) is 0 Å². The fourth-order valence-corrected chi connectivity index (χ4v) is 2.57. The molecular weight excluding hydrogens is 276 g/mol. The Kier molecular flexibility index (Phi) is 3.52. The van der Waals surface area contributed by atoms with Crippen LogP contribution in [-0.2, 0) is 0 Å². The third-order valence-electron chi connectivity index (χ3n) is 3.57. The summed E-state index contributed by atoms with van der Waals surface area (Å²) in [6, 6.07) is 4.31. The third-order valence-corrected chi connectivity index (χ3v) is 3.57. The number of pyridine rings is 1. The molecule has 0 amide bonds. The van der Waals surface area contributed by atoms with Crippen molar-refractivity contribution in [1.82, 2.24) is 29.5 Å². The lowest BCUT2D eigenvalue weighted by atomic mass is 10.2. The smallest absolute Gasteiger partial charge is 0.183 e. The first-order valence-corrected chi connectivity index (χ1v) is 7.38. The van der Waals surface area contributed by atoms with Gasteiger partial charge in [0, 0.05) is 24.1 Å². The van der Waals surface area contributed by atoms with Crippen LogP contribution >= 0.6 is 0 Å². The van der Waals surface area contributed by atoms with Gasteiger partial charge in [-0.2, -0.15) is 10.2 Å². The number of aryl methyl sites for hydroxylation is 3. The molecule has 6 heteroatoms. The average Bonchev–Trinajstić information content (AvgIpc) is 3.02. The molecule has 3 aromatic rings. The van der Waals surface area contributed by atoms with Crippen molar-refractivity contribution < 1.29 is 0 Å². The van der Waals surface area contributed by atoms with Crippen LogP contribution in [0, 0.1) is 20.8 Å². The molecule has 0 aliphatic heterocycles. The molecule has 0 aliphatic rings. The molecule has 0 radical (unpaired) electrons. The van der Waals surface area contributed by atoms with Crippen LogP contribution in [0.5, 0.6) is 0 Å². The Morgan fingerprint density at radius 2 is 1.86 bits per heavy atom. The molecule has 0 N–H and O–H groups in total. The molecule has 6 nitrogen and oxygen atoms in total. The Labute approximate surface area is 129 Å². The van der Waals surface area contributed by atoms with Gasteiger partial charge in [-0.25, -0.2) is 9.67 Å². The summed E-state index contributed by atoms with van der Waals surface area (Å²) in [6.07, 6.45) is 3.59. The minimum absolute atomic E-state index is 0.314. The van der Waals surface area contributed by atoms with Gasteiger partial charge >= 0.3 is 0 Å². The number of hydrogen-bond donors (Lipinski definition) is 0. The molecule has 0 saturated carbocycles. The summed E-state index contributed by atoms with van der Waals surface area (Å²) in [6.45, 7) is 10.2. The summed E-state index contributed by atoms with van der Waals surface area (Å²) in [5, 5.41) is 9.22. The molecule has 0 atom stereocenters. The zero-order valence-electron chi connectivity index (χ0n) is 13.6. The largest absolute Gasteiger partial charge is 0.267 e. The lowest BCUT2D eigenvalue weighted by molar-refractivity contribution is 0.520. The Morgan fingerprint density at radius 3 is 2.50 bits per heavy atom. The summed E-state index contributed by atoms with van der Waals surface area (Å²) >= 11 is 0. The fraction of sp³-hybridized carbons (Fsp3) is 0.375. The molecule has 0 fully saturated rings. The van der Waals surface area contributed by atoms with E-state index in [2.05, 4.69) is 47.0 Å². The molecule has 0 bridgehead atoms. The zero-order chi connectivity index (χ0) is 15.9. The van der Waals surface area contributed by atoms with Gasteiger partial charge in [0.15, 0.2) is 5.82 Å². The minimum atomic E-state index is 0.314. The Morgan fingerprint density at radius 1 is 1.09 bits per heavy atom. The van der Waals surface area contributed by atoms with Gasteiger partial charge in [0.2, 0.25) is 0 Å². The van der Waals surface area contributed by atoms with Crippen LogP contribution in [0.4, 0.5) is 0 Å². The van der Waals surface area contributed by atoms with E-state index in [1.807, 2.05) is 35.5 Å². The predicted molar refractivity (Wildman–Crippen MR) is 85.0 cm³/mol. The van der Waals surface area contributed by atoms with E-state index in [4.69, 9.17) is 0 Å². The van der Waals surface area contributed by atoms with E-state index in [0.29, 0.717) is 6.04 Å². The van der Waals surface area contributed by atoms with Crippen molar-refractivity contribution in [3.8, 4) is 17.2 Å². The molecule has 22 heavy (non-hydrogen) atoms. The maximum atomic E-state index is 4.69. The van der Waals surface area contributed by atoms with Crippen LogP contribution in [-0.4, -0.2) is 29.5 Å². The summed E-state index contributed by atoms with van der Waals surface area (Å²) in [5.74, 6) is 1.48. The zero-order valence-corrected chi connectivity index (χ0v) is 13.6. The molecule has 0 aromatic carbocycles. The normalized spacial score (nSPS) is 11.4. The Balaban J connectivity index is 2.17. The predicted octanol–water partition coefficient (Wildman–Crippen LogP) is 3.03. The standard InChI is InChI=1S/C16H20N6/c1-10(2)21-12(4)8-14(20-21)16-18-13(5)19-22(16)15-6-7-17-9-11(15)3/h6-10H,1-5H3. The van der Waals surface area contributed by atoms with Gasteiger partial charge in [-0.1, -0.05) is 0 Å². The van der Waals surface area contributed by atoms with Crippen molar-refractivity contribution in [1.29, 1.82) is 0 Å². The van der Waals surface area contributed by atoms with E-state index in [1.165, 1.54) is 0 Å². The van der Waals surface area contributed by atoms with Crippen molar-refractivity contribution in [2.45, 2.75) is 40.7 Å². The van der Waals surface area contributed by atoms with Gasteiger partial charge in [0.1, 0.15) is 11.5 Å². The van der Waals surface area contributed by atoms with Gasteiger partial charge in [0.05, 0.1) is 5.69 Å². The topological polar surface area (TPSA) is 61.4 Å². The highest BCUT2D eigenvalue weighted by molar-refractivity contribution is 5.55. The Hall–Kier alpha value is -2.50. The highest BCUT2D eigenvalue weighted by atomic mass is 15.4. The van der Waals surface area contributed by atoms with Gasteiger partial charge < -0.3 is 0 Å². The van der Waals surface area contributed by atoms with E-state index in [9.17, 15) is 0 Å². The van der Waals surface area contributed by atoms with Crippen LogP contribution in [0.2, 0.25) is 0 Å². The monoisotopic (exact) mass is 296 g/mol. The molecule has 0 unspecified atom stereocenters. The summed E-state index contributed by atoms with van der Waals surface area (Å²) in [7, 11) is 0.